The second-order valence-corrected chi connectivity index (χ2v) is 17.7. The van der Waals surface area contributed by atoms with Crippen LogP contribution in [0.1, 0.15) is 86.3 Å². The van der Waals surface area contributed by atoms with Gasteiger partial charge in [0.25, 0.3) is 0 Å². The number of hydrogen-bond acceptors (Lipinski definition) is 9. The molecule has 0 saturated carbocycles. The van der Waals surface area contributed by atoms with Crippen LogP contribution in [0.15, 0.2) is 60.7 Å². The summed E-state index contributed by atoms with van der Waals surface area (Å²) in [6.07, 6.45) is -0.619. The first-order valence-corrected chi connectivity index (χ1v) is 21.7. The van der Waals surface area contributed by atoms with Crippen LogP contribution in [-0.4, -0.2) is 107 Å². The van der Waals surface area contributed by atoms with E-state index in [1.165, 1.54) is 11.8 Å². The third-order valence-electron chi connectivity index (χ3n) is 11.3. The van der Waals surface area contributed by atoms with Crippen LogP contribution >= 0.6 is 0 Å². The van der Waals surface area contributed by atoms with Gasteiger partial charge in [-0.2, -0.15) is 0 Å². The van der Waals surface area contributed by atoms with Crippen molar-refractivity contribution in [2.75, 3.05) is 6.54 Å². The number of cyclic esters (lactones) is 1. The monoisotopic (exact) mass is 859 g/mol. The molecule has 2 aromatic carbocycles. The quantitative estimate of drug-likeness (QED) is 0.182. The van der Waals surface area contributed by atoms with Crippen LogP contribution in [0.4, 0.5) is 0 Å². The number of hydrogen-bond donors (Lipinski definition) is 6. The van der Waals surface area contributed by atoms with E-state index in [1.807, 2.05) is 6.07 Å². The fraction of sp³-hybridized carbons (Fsp3) is 0.565. The predicted octanol–water partition coefficient (Wildman–Crippen LogP) is 1.94. The van der Waals surface area contributed by atoms with Crippen molar-refractivity contribution < 1.29 is 43.1 Å². The van der Waals surface area contributed by atoms with E-state index in [4.69, 9.17) is 4.74 Å². The lowest BCUT2D eigenvalue weighted by molar-refractivity contribution is -0.157. The first-order valence-electron chi connectivity index (χ1n) is 21.7. The Kier molecular flexibility index (Phi) is 17.6. The Hall–Kier alpha value is -5.80. The maximum Gasteiger partial charge on any atom is 0.329 e. The van der Waals surface area contributed by atoms with Crippen LogP contribution in [-0.2, 0) is 55.9 Å². The highest BCUT2D eigenvalue weighted by Crippen LogP contribution is 2.22. The molecular weight excluding hydrogens is 795 g/mol. The van der Waals surface area contributed by atoms with Gasteiger partial charge in [-0.05, 0) is 54.6 Å². The SMILES string of the molecule is CC(C)[C@H](NC(=O)Cc1ccccc1)C(=O)N[C@@H]1C(=O)N[C@H](Cc2ccccc2)C(=O)N2CCC[C@H]2C(=O)N[C@@H](C(C)C)C(=O)N[C@@H](C(C)C)C(=O)N[C@@H](C(C)C)C(=O)O[C@@H]1C. The van der Waals surface area contributed by atoms with Gasteiger partial charge in [-0.3, -0.25) is 33.6 Å². The smallest absolute Gasteiger partial charge is 0.329 e. The molecule has 2 aliphatic heterocycles. The molecule has 2 heterocycles. The molecule has 2 fully saturated rings. The van der Waals surface area contributed by atoms with Crippen LogP contribution in [0.2, 0.25) is 0 Å². The molecule has 0 unspecified atom stereocenters. The van der Waals surface area contributed by atoms with Crippen LogP contribution in [0.3, 0.4) is 0 Å². The first-order chi connectivity index (χ1) is 29.3. The fourth-order valence-electron chi connectivity index (χ4n) is 7.62. The predicted molar refractivity (Wildman–Crippen MR) is 232 cm³/mol. The van der Waals surface area contributed by atoms with Crippen molar-refractivity contribution in [2.24, 2.45) is 23.7 Å². The van der Waals surface area contributed by atoms with Crippen molar-refractivity contribution in [3.63, 3.8) is 0 Å². The molecule has 2 aliphatic rings. The van der Waals surface area contributed by atoms with E-state index in [9.17, 15) is 38.4 Å². The number of rotatable bonds is 11. The molecule has 0 spiro atoms. The van der Waals surface area contributed by atoms with Gasteiger partial charge in [0, 0.05) is 13.0 Å². The molecule has 2 saturated heterocycles. The number of amides is 7. The van der Waals surface area contributed by atoms with Crippen molar-refractivity contribution in [3.05, 3.63) is 71.8 Å². The maximum absolute atomic E-state index is 14.6. The molecule has 6 N–H and O–H groups in total. The Morgan fingerprint density at radius 3 is 1.74 bits per heavy atom. The molecule has 0 aromatic heterocycles. The van der Waals surface area contributed by atoms with E-state index >= 15 is 0 Å². The summed E-state index contributed by atoms with van der Waals surface area (Å²) < 4.78 is 5.90. The van der Waals surface area contributed by atoms with E-state index in [0.717, 1.165) is 5.56 Å². The summed E-state index contributed by atoms with van der Waals surface area (Å²) in [5.41, 5.74) is 1.42. The van der Waals surface area contributed by atoms with E-state index in [2.05, 4.69) is 31.9 Å². The molecule has 338 valence electrons. The number of benzene rings is 2. The van der Waals surface area contributed by atoms with Crippen LogP contribution in [0.25, 0.3) is 0 Å². The van der Waals surface area contributed by atoms with Gasteiger partial charge in [0.2, 0.25) is 41.4 Å². The molecule has 8 atom stereocenters. The number of carbonyl (C=O) groups is 8. The molecule has 16 heteroatoms. The summed E-state index contributed by atoms with van der Waals surface area (Å²) in [6.45, 7) is 15.4. The van der Waals surface area contributed by atoms with Gasteiger partial charge < -0.3 is 41.5 Å². The van der Waals surface area contributed by atoms with E-state index < -0.39 is 119 Å². The Labute approximate surface area is 364 Å². The summed E-state index contributed by atoms with van der Waals surface area (Å²) in [7, 11) is 0. The second-order valence-electron chi connectivity index (χ2n) is 17.7. The van der Waals surface area contributed by atoms with Gasteiger partial charge in [-0.15, -0.1) is 0 Å². The zero-order valence-corrected chi connectivity index (χ0v) is 37.4. The lowest BCUT2D eigenvalue weighted by Crippen LogP contribution is -2.62. The largest absolute Gasteiger partial charge is 0.458 e. The third kappa shape index (κ3) is 13.1. The van der Waals surface area contributed by atoms with E-state index in [1.54, 1.807) is 110 Å². The van der Waals surface area contributed by atoms with E-state index in [0.29, 0.717) is 18.4 Å². The molecule has 7 amide bonds. The summed E-state index contributed by atoms with van der Waals surface area (Å²) in [4.78, 5) is 114. The average Bonchev–Trinajstić information content (AvgIpc) is 3.71. The van der Waals surface area contributed by atoms with E-state index in [-0.39, 0.29) is 19.4 Å². The molecular formula is C46H65N7O9. The average molecular weight is 860 g/mol. The zero-order valence-electron chi connectivity index (χ0n) is 37.4. The minimum Gasteiger partial charge on any atom is -0.458 e. The van der Waals surface area contributed by atoms with Gasteiger partial charge in [-0.25, -0.2) is 4.79 Å². The van der Waals surface area contributed by atoms with Crippen molar-refractivity contribution in [3.8, 4) is 0 Å². The van der Waals surface area contributed by atoms with Crippen molar-refractivity contribution in [1.82, 2.24) is 36.8 Å². The van der Waals surface area contributed by atoms with Crippen molar-refractivity contribution in [2.45, 2.75) is 136 Å². The number of esters is 1. The molecule has 4 rings (SSSR count). The standard InChI is InChI=1S/C46H65N7O9/c1-25(2)35(48-34(54)24-31-19-14-11-15-20-31)41(56)52-39-29(9)62-46(61)38(28(7)8)51-43(58)37(27(5)6)50-42(57)36(26(3)4)49-40(55)33-21-16-22-53(33)45(60)32(47-44(39)59)23-30-17-12-10-13-18-30/h10-15,17-20,25-29,32-33,35-39H,16,21-24H2,1-9H3,(H,47,59)(H,48,54)(H,49,55)(H,50,57)(H,51,58)(H,52,56)/t29-,32-,33+,35+,36+,37+,38+,39+/m1/s1. The second kappa shape index (κ2) is 22.3. The number of nitrogens with one attached hydrogen (secondary N) is 6. The van der Waals surface area contributed by atoms with Gasteiger partial charge in [0.05, 0.1) is 6.42 Å². The summed E-state index contributed by atoms with van der Waals surface area (Å²) >= 11 is 0. The Bertz CT molecular complexity index is 1910. The fourth-order valence-corrected chi connectivity index (χ4v) is 7.62. The molecule has 0 aliphatic carbocycles. The number of fused-ring (bicyclic) bond motifs is 1. The summed E-state index contributed by atoms with van der Waals surface area (Å²) in [5, 5.41) is 16.6. The third-order valence-corrected chi connectivity index (χ3v) is 11.3. The van der Waals surface area contributed by atoms with Crippen LogP contribution < -0.4 is 31.9 Å². The summed E-state index contributed by atoms with van der Waals surface area (Å²) in [6, 6.07) is 9.49. The topological polar surface area (TPSA) is 221 Å². The first kappa shape index (κ1) is 48.9. The number of ether oxygens (including phenoxy) is 1. The number of carbonyl (C=O) groups excluding carboxylic acids is 8. The molecule has 16 nitrogen and oxygen atoms in total. The minimum absolute atomic E-state index is 0.00412. The molecule has 62 heavy (non-hydrogen) atoms. The Balaban J connectivity index is 1.78. The number of nitrogens with zero attached hydrogens (tertiary/aromatic N) is 1. The van der Waals surface area contributed by atoms with Gasteiger partial charge in [0.1, 0.15) is 48.4 Å². The van der Waals surface area contributed by atoms with Crippen LogP contribution in [0, 0.1) is 23.7 Å². The van der Waals surface area contributed by atoms with Gasteiger partial charge >= 0.3 is 5.97 Å². The van der Waals surface area contributed by atoms with Crippen LogP contribution in [0.5, 0.6) is 0 Å². The molecule has 0 bridgehead atoms. The Morgan fingerprint density at radius 1 is 0.694 bits per heavy atom. The van der Waals surface area contributed by atoms with Crippen molar-refractivity contribution >= 4 is 47.3 Å². The van der Waals surface area contributed by atoms with Gasteiger partial charge in [-0.1, -0.05) is 116 Å². The Morgan fingerprint density at radius 2 is 1.21 bits per heavy atom. The lowest BCUT2D eigenvalue weighted by atomic mass is 9.98. The maximum atomic E-state index is 14.6. The normalized spacial score (nSPS) is 25.1. The van der Waals surface area contributed by atoms with Gasteiger partial charge in [0.15, 0.2) is 0 Å². The summed E-state index contributed by atoms with van der Waals surface area (Å²) in [5.74, 6) is -7.23. The zero-order chi connectivity index (χ0) is 45.8. The minimum atomic E-state index is -1.61. The molecule has 2 aromatic rings. The lowest BCUT2D eigenvalue weighted by Gasteiger charge is -2.32. The van der Waals surface area contributed by atoms with Crippen molar-refractivity contribution in [1.29, 1.82) is 0 Å². The highest BCUT2D eigenvalue weighted by Gasteiger charge is 2.43. The highest BCUT2D eigenvalue weighted by atomic mass is 16.5. The highest BCUT2D eigenvalue weighted by molar-refractivity contribution is 5.98. The molecule has 0 radical (unpaired) electrons.